The van der Waals surface area contributed by atoms with Gasteiger partial charge < -0.3 is 5.11 Å². The second-order valence-electron chi connectivity index (χ2n) is 1.43. The van der Waals surface area contributed by atoms with Gasteiger partial charge >= 0.3 is 0 Å². The number of aliphatic hydroxyl groups is 1. The highest BCUT2D eigenvalue weighted by Gasteiger charge is 2.07. The van der Waals surface area contributed by atoms with Gasteiger partial charge in [-0.2, -0.15) is 0 Å². The molecule has 3 heteroatoms. The lowest BCUT2D eigenvalue weighted by atomic mass is 10.4. The molecule has 44 valence electrons. The summed E-state index contributed by atoms with van der Waals surface area (Å²) in [6.07, 6.45) is -2.20. The van der Waals surface area contributed by atoms with Crippen LogP contribution in [0.15, 0.2) is 0 Å². The molecule has 0 aliphatic carbocycles. The van der Waals surface area contributed by atoms with Crippen molar-refractivity contribution in [3.63, 3.8) is 0 Å². The normalized spacial score (nSPS) is 18.9. The largest absolute Gasteiger partial charge is 0.389 e. The van der Waals surface area contributed by atoms with Crippen molar-refractivity contribution in [2.45, 2.75) is 19.3 Å². The van der Waals surface area contributed by atoms with Gasteiger partial charge in [0.1, 0.15) is 0 Å². The van der Waals surface area contributed by atoms with Gasteiger partial charge in [0.25, 0.3) is 0 Å². The van der Waals surface area contributed by atoms with Gasteiger partial charge in [0.2, 0.25) is 0 Å². The van der Waals surface area contributed by atoms with Crippen LogP contribution in [0.1, 0.15) is 6.92 Å². The quantitative estimate of drug-likeness (QED) is 0.482. The number of alkyl halides is 1. The molecule has 0 aliphatic heterocycles. The van der Waals surface area contributed by atoms with E-state index in [2.05, 4.69) is 5.32 Å². The Bertz CT molecular complexity index is 49.0. The van der Waals surface area contributed by atoms with Crippen LogP contribution in [0.5, 0.6) is 0 Å². The first-order chi connectivity index (χ1) is 3.18. The lowest BCUT2D eigenvalue weighted by Gasteiger charge is -2.07. The second kappa shape index (κ2) is 2.93. The number of likely N-dealkylation sites (N-methyl/N-ethyl adjacent to an activating group) is 1. The average Bonchev–Trinajstić information content (AvgIpc) is 1.65. The Morgan fingerprint density at radius 3 is 2.14 bits per heavy atom. The van der Waals surface area contributed by atoms with E-state index in [1.165, 1.54) is 14.0 Å². The predicted octanol–water partition coefficient (Wildman–Crippen LogP) is -0.118. The fourth-order valence-electron chi connectivity index (χ4n) is 0.241. The maximum Gasteiger partial charge on any atom is 0.176 e. The molecule has 7 heavy (non-hydrogen) atoms. The summed E-state index contributed by atoms with van der Waals surface area (Å²) in [6.45, 7) is 1.39. The fraction of sp³-hybridized carbons (Fsp3) is 1.00. The number of aliphatic hydroxyl groups excluding tert-OH is 1. The van der Waals surface area contributed by atoms with Crippen LogP contribution in [0.2, 0.25) is 0 Å². The Labute approximate surface area is 42.3 Å². The van der Waals surface area contributed by atoms with Crippen molar-refractivity contribution in [2.75, 3.05) is 7.05 Å². The highest BCUT2D eigenvalue weighted by Crippen LogP contribution is 1.89. The number of hydrogen-bond donors (Lipinski definition) is 2. The molecule has 0 radical (unpaired) electrons. The molecule has 0 heterocycles. The summed E-state index contributed by atoms with van der Waals surface area (Å²) in [6, 6.07) is 0. The zero-order valence-corrected chi connectivity index (χ0v) is 4.48. The Morgan fingerprint density at radius 1 is 1.71 bits per heavy atom. The molecule has 0 bridgehead atoms. The van der Waals surface area contributed by atoms with E-state index in [0.717, 1.165) is 0 Å². The molecule has 0 aliphatic rings. The minimum atomic E-state index is -1.29. The highest BCUT2D eigenvalue weighted by molar-refractivity contribution is 4.54. The number of hydrogen-bond acceptors (Lipinski definition) is 2. The van der Waals surface area contributed by atoms with Crippen LogP contribution in [-0.4, -0.2) is 24.6 Å². The zero-order chi connectivity index (χ0) is 5.86. The first kappa shape index (κ1) is 6.85. The first-order valence-electron chi connectivity index (χ1n) is 2.18. The Balaban J connectivity index is 3.14. The van der Waals surface area contributed by atoms with E-state index in [1.54, 1.807) is 0 Å². The number of halogens is 1. The Kier molecular flexibility index (Phi) is 2.87. The van der Waals surface area contributed by atoms with E-state index in [-0.39, 0.29) is 0 Å². The minimum Gasteiger partial charge on any atom is -0.389 e. The molecule has 0 amide bonds. The molecule has 0 spiro atoms. The van der Waals surface area contributed by atoms with Crippen LogP contribution in [-0.2, 0) is 0 Å². The van der Waals surface area contributed by atoms with E-state index in [0.29, 0.717) is 0 Å². The summed E-state index contributed by atoms with van der Waals surface area (Å²) in [5.41, 5.74) is 0. The molecule has 0 aromatic rings. The maximum absolute atomic E-state index is 11.9. The van der Waals surface area contributed by atoms with Crippen LogP contribution in [0.4, 0.5) is 4.39 Å². The Morgan fingerprint density at radius 2 is 2.14 bits per heavy atom. The average molecular weight is 107 g/mol. The molecule has 2 atom stereocenters. The second-order valence-corrected chi connectivity index (χ2v) is 1.43. The van der Waals surface area contributed by atoms with E-state index in [1.807, 2.05) is 0 Å². The third kappa shape index (κ3) is 2.53. The van der Waals surface area contributed by atoms with Crippen LogP contribution in [0, 0.1) is 0 Å². The van der Waals surface area contributed by atoms with Crippen molar-refractivity contribution in [3.8, 4) is 0 Å². The van der Waals surface area contributed by atoms with Gasteiger partial charge in [-0.15, -0.1) is 0 Å². The summed E-state index contributed by atoms with van der Waals surface area (Å²) in [5.74, 6) is 0. The number of nitrogens with one attached hydrogen (secondary N) is 1. The summed E-state index contributed by atoms with van der Waals surface area (Å²) >= 11 is 0. The smallest absolute Gasteiger partial charge is 0.176 e. The van der Waals surface area contributed by atoms with Crippen LogP contribution in [0.25, 0.3) is 0 Å². The van der Waals surface area contributed by atoms with Gasteiger partial charge in [-0.05, 0) is 14.0 Å². The SMILES string of the molecule is CN[C@@H](F)C(C)O. The highest BCUT2D eigenvalue weighted by atomic mass is 19.1. The molecule has 0 aromatic heterocycles. The maximum atomic E-state index is 11.9. The molecule has 0 fully saturated rings. The summed E-state index contributed by atoms with van der Waals surface area (Å²) in [4.78, 5) is 0. The molecule has 2 N–H and O–H groups in total. The monoisotopic (exact) mass is 107 g/mol. The van der Waals surface area contributed by atoms with Gasteiger partial charge in [-0.25, -0.2) is 4.39 Å². The molecule has 2 nitrogen and oxygen atoms in total. The van der Waals surface area contributed by atoms with Gasteiger partial charge in [0.05, 0.1) is 6.10 Å². The van der Waals surface area contributed by atoms with Gasteiger partial charge in [-0.3, -0.25) is 5.32 Å². The van der Waals surface area contributed by atoms with Crippen LogP contribution < -0.4 is 5.32 Å². The van der Waals surface area contributed by atoms with Crippen molar-refractivity contribution < 1.29 is 9.50 Å². The molecular formula is C4H10FNO. The van der Waals surface area contributed by atoms with Gasteiger partial charge in [0.15, 0.2) is 6.30 Å². The van der Waals surface area contributed by atoms with Crippen LogP contribution >= 0.6 is 0 Å². The van der Waals surface area contributed by atoms with E-state index >= 15 is 0 Å². The summed E-state index contributed by atoms with van der Waals surface area (Å²) in [7, 11) is 1.46. The minimum absolute atomic E-state index is 0.912. The lowest BCUT2D eigenvalue weighted by Crippen LogP contribution is -2.30. The van der Waals surface area contributed by atoms with Crippen molar-refractivity contribution in [1.82, 2.24) is 5.32 Å². The zero-order valence-electron chi connectivity index (χ0n) is 4.48. The van der Waals surface area contributed by atoms with Crippen LogP contribution in [0.3, 0.4) is 0 Å². The van der Waals surface area contributed by atoms with E-state index in [9.17, 15) is 4.39 Å². The predicted molar refractivity (Wildman–Crippen MR) is 25.6 cm³/mol. The van der Waals surface area contributed by atoms with Gasteiger partial charge in [0, 0.05) is 0 Å². The lowest BCUT2D eigenvalue weighted by molar-refractivity contribution is 0.0770. The Hall–Kier alpha value is -0.150. The summed E-state index contributed by atoms with van der Waals surface area (Å²) < 4.78 is 11.9. The molecule has 0 aromatic carbocycles. The molecule has 0 saturated carbocycles. The standard InChI is InChI=1S/C4H10FNO/c1-3(7)4(5)6-2/h3-4,6-7H,1-2H3/t3?,4-/m1/s1. The first-order valence-corrected chi connectivity index (χ1v) is 2.18. The molecule has 1 unspecified atom stereocenters. The van der Waals surface area contributed by atoms with Crippen molar-refractivity contribution in [1.29, 1.82) is 0 Å². The van der Waals surface area contributed by atoms with Crippen molar-refractivity contribution in [3.05, 3.63) is 0 Å². The van der Waals surface area contributed by atoms with Crippen molar-refractivity contribution in [2.24, 2.45) is 0 Å². The number of rotatable bonds is 2. The van der Waals surface area contributed by atoms with Crippen molar-refractivity contribution >= 4 is 0 Å². The summed E-state index contributed by atoms with van der Waals surface area (Å²) in [5, 5.41) is 10.6. The van der Waals surface area contributed by atoms with Gasteiger partial charge in [-0.1, -0.05) is 0 Å². The topological polar surface area (TPSA) is 32.3 Å². The van der Waals surface area contributed by atoms with E-state index < -0.39 is 12.4 Å². The molecule has 0 saturated heterocycles. The third-order valence-electron chi connectivity index (χ3n) is 0.699. The molecule has 0 rings (SSSR count). The van der Waals surface area contributed by atoms with E-state index in [4.69, 9.17) is 5.11 Å². The molecular weight excluding hydrogens is 97.0 g/mol. The fourth-order valence-corrected chi connectivity index (χ4v) is 0.241. The third-order valence-corrected chi connectivity index (χ3v) is 0.699.